The monoisotopic (exact) mass is 314 g/mol. The fourth-order valence-electron chi connectivity index (χ4n) is 3.45. The highest BCUT2D eigenvalue weighted by atomic mass is 35.5. The second-order valence-electron chi connectivity index (χ2n) is 5.54. The molecule has 0 aromatic carbocycles. The molecule has 3 rings (SSSR count). The zero-order valence-corrected chi connectivity index (χ0v) is 12.2. The van der Waals surface area contributed by atoms with Crippen LogP contribution < -0.4 is 4.90 Å². The SMILES string of the molecule is CN(c1cnc(Cl)cn1)C1C[C@H]2CC[C@@H]([C@@H]1F)N2C(=O)O. The van der Waals surface area contributed by atoms with Crippen LogP contribution in [0.4, 0.5) is 15.0 Å². The molecule has 0 aliphatic carbocycles. The van der Waals surface area contributed by atoms with Gasteiger partial charge >= 0.3 is 6.09 Å². The number of carbonyl (C=O) groups is 1. The van der Waals surface area contributed by atoms with Gasteiger partial charge in [0, 0.05) is 13.1 Å². The maximum absolute atomic E-state index is 14.7. The Morgan fingerprint density at radius 1 is 1.48 bits per heavy atom. The third-order valence-corrected chi connectivity index (χ3v) is 4.68. The zero-order valence-electron chi connectivity index (χ0n) is 11.5. The van der Waals surface area contributed by atoms with E-state index in [1.807, 2.05) is 0 Å². The van der Waals surface area contributed by atoms with Gasteiger partial charge in [-0.2, -0.15) is 0 Å². The number of aromatic nitrogens is 2. The molecule has 0 saturated carbocycles. The molecule has 1 aromatic rings. The molecule has 6 nitrogen and oxygen atoms in total. The van der Waals surface area contributed by atoms with E-state index in [4.69, 9.17) is 11.6 Å². The van der Waals surface area contributed by atoms with Gasteiger partial charge in [-0.25, -0.2) is 19.2 Å². The number of fused-ring (bicyclic) bond motifs is 2. The van der Waals surface area contributed by atoms with Gasteiger partial charge < -0.3 is 10.0 Å². The first kappa shape index (κ1) is 14.3. The van der Waals surface area contributed by atoms with Crippen molar-refractivity contribution in [1.29, 1.82) is 0 Å². The highest BCUT2D eigenvalue weighted by molar-refractivity contribution is 6.29. The Bertz CT molecular complexity index is 543. The fourth-order valence-corrected chi connectivity index (χ4v) is 3.55. The van der Waals surface area contributed by atoms with Gasteiger partial charge in [-0.05, 0) is 19.3 Å². The molecule has 2 aliphatic heterocycles. The first-order chi connectivity index (χ1) is 9.99. The van der Waals surface area contributed by atoms with Crippen molar-refractivity contribution in [2.75, 3.05) is 11.9 Å². The molecule has 0 radical (unpaired) electrons. The van der Waals surface area contributed by atoms with Gasteiger partial charge in [0.05, 0.1) is 24.5 Å². The van der Waals surface area contributed by atoms with E-state index in [0.29, 0.717) is 25.1 Å². The first-order valence-electron chi connectivity index (χ1n) is 6.84. The summed E-state index contributed by atoms with van der Waals surface area (Å²) in [6.45, 7) is 0. The molecule has 2 bridgehead atoms. The maximum atomic E-state index is 14.7. The van der Waals surface area contributed by atoms with Crippen LogP contribution in [0.5, 0.6) is 0 Å². The number of amides is 1. The zero-order chi connectivity index (χ0) is 15.1. The highest BCUT2D eigenvalue weighted by Crippen LogP contribution is 2.39. The molecule has 114 valence electrons. The van der Waals surface area contributed by atoms with Crippen molar-refractivity contribution in [3.05, 3.63) is 17.5 Å². The van der Waals surface area contributed by atoms with Crippen LogP contribution in [-0.2, 0) is 0 Å². The Kier molecular flexibility index (Phi) is 3.61. The van der Waals surface area contributed by atoms with Crippen LogP contribution in [0, 0.1) is 0 Å². The summed E-state index contributed by atoms with van der Waals surface area (Å²) < 4.78 is 14.7. The molecule has 1 N–H and O–H groups in total. The van der Waals surface area contributed by atoms with E-state index >= 15 is 0 Å². The molecular weight excluding hydrogens is 299 g/mol. The van der Waals surface area contributed by atoms with E-state index in [2.05, 4.69) is 9.97 Å². The van der Waals surface area contributed by atoms with E-state index in [9.17, 15) is 14.3 Å². The average molecular weight is 315 g/mol. The predicted octanol–water partition coefficient (Wildman–Crippen LogP) is 2.19. The number of hydrogen-bond donors (Lipinski definition) is 1. The molecule has 2 aliphatic rings. The molecule has 0 spiro atoms. The predicted molar refractivity (Wildman–Crippen MR) is 75.4 cm³/mol. The largest absolute Gasteiger partial charge is 0.465 e. The molecule has 2 fully saturated rings. The summed E-state index contributed by atoms with van der Waals surface area (Å²) in [6.07, 6.45) is 2.41. The van der Waals surface area contributed by atoms with Crippen LogP contribution in [0.1, 0.15) is 19.3 Å². The quantitative estimate of drug-likeness (QED) is 0.906. The van der Waals surface area contributed by atoms with Crippen LogP contribution in [0.25, 0.3) is 0 Å². The molecule has 8 heteroatoms. The summed E-state index contributed by atoms with van der Waals surface area (Å²) in [4.78, 5) is 22.4. The Hall–Kier alpha value is -1.63. The van der Waals surface area contributed by atoms with Gasteiger partial charge in [0.1, 0.15) is 17.1 Å². The van der Waals surface area contributed by atoms with Gasteiger partial charge in [-0.3, -0.25) is 4.90 Å². The van der Waals surface area contributed by atoms with E-state index in [-0.39, 0.29) is 11.2 Å². The summed E-state index contributed by atoms with van der Waals surface area (Å²) >= 11 is 5.70. The number of nitrogens with zero attached hydrogens (tertiary/aromatic N) is 4. The van der Waals surface area contributed by atoms with Crippen molar-refractivity contribution in [1.82, 2.24) is 14.9 Å². The average Bonchev–Trinajstić information content (AvgIpc) is 2.81. The first-order valence-corrected chi connectivity index (χ1v) is 7.22. The molecule has 1 unspecified atom stereocenters. The molecular formula is C13H16ClFN4O2. The fraction of sp³-hybridized carbons (Fsp3) is 0.615. The third kappa shape index (κ3) is 2.39. The molecule has 21 heavy (non-hydrogen) atoms. The normalized spacial score (nSPS) is 31.3. The van der Waals surface area contributed by atoms with Crippen molar-refractivity contribution >= 4 is 23.5 Å². The second-order valence-corrected chi connectivity index (χ2v) is 5.93. The lowest BCUT2D eigenvalue weighted by atomic mass is 9.94. The number of piperidine rings is 1. The lowest BCUT2D eigenvalue weighted by molar-refractivity contribution is 0.0490. The van der Waals surface area contributed by atoms with Gasteiger partial charge in [0.25, 0.3) is 0 Å². The van der Waals surface area contributed by atoms with E-state index in [1.54, 1.807) is 11.9 Å². The standard InChI is InChI=1S/C13H16ClFN4O2/c1-18(11-6-16-10(14)5-17-11)9-4-7-2-3-8(12(9)15)19(7)13(20)21/h5-9,12H,2-4H2,1H3,(H,20,21)/t7-,8+,9?,12+/m1/s1. The molecule has 3 heterocycles. The van der Waals surface area contributed by atoms with Gasteiger partial charge in [0.15, 0.2) is 0 Å². The number of alkyl halides is 1. The van der Waals surface area contributed by atoms with Crippen LogP contribution in [0.3, 0.4) is 0 Å². The second kappa shape index (κ2) is 5.29. The molecule has 2 saturated heterocycles. The van der Waals surface area contributed by atoms with E-state index < -0.39 is 24.3 Å². The van der Waals surface area contributed by atoms with Crippen LogP contribution in [0.15, 0.2) is 12.4 Å². The number of halogens is 2. The minimum absolute atomic E-state index is 0.118. The minimum Gasteiger partial charge on any atom is -0.465 e. The van der Waals surface area contributed by atoms with Crippen LogP contribution in [-0.4, -0.2) is 57.4 Å². The number of rotatable bonds is 2. The minimum atomic E-state index is -1.23. The van der Waals surface area contributed by atoms with Crippen LogP contribution in [0.2, 0.25) is 5.15 Å². The van der Waals surface area contributed by atoms with Gasteiger partial charge in [0.2, 0.25) is 0 Å². The van der Waals surface area contributed by atoms with Gasteiger partial charge in [-0.1, -0.05) is 11.6 Å². The van der Waals surface area contributed by atoms with Crippen molar-refractivity contribution in [3.63, 3.8) is 0 Å². The van der Waals surface area contributed by atoms with E-state index in [0.717, 1.165) is 0 Å². The summed E-state index contributed by atoms with van der Waals surface area (Å²) in [5, 5.41) is 9.50. The molecule has 1 aromatic heterocycles. The van der Waals surface area contributed by atoms with Gasteiger partial charge in [-0.15, -0.1) is 0 Å². The highest BCUT2D eigenvalue weighted by Gasteiger charge is 2.51. The van der Waals surface area contributed by atoms with Crippen molar-refractivity contribution in [2.24, 2.45) is 0 Å². The Labute approximate surface area is 126 Å². The topological polar surface area (TPSA) is 69.6 Å². The lowest BCUT2D eigenvalue weighted by Gasteiger charge is -2.43. The maximum Gasteiger partial charge on any atom is 0.407 e. The molecule has 4 atom stereocenters. The Morgan fingerprint density at radius 2 is 2.24 bits per heavy atom. The molecule has 1 amide bonds. The van der Waals surface area contributed by atoms with Crippen molar-refractivity contribution in [2.45, 2.75) is 43.6 Å². The summed E-state index contributed by atoms with van der Waals surface area (Å²) in [5.74, 6) is 0.537. The van der Waals surface area contributed by atoms with Crippen LogP contribution >= 0.6 is 11.6 Å². The number of anilines is 1. The summed E-state index contributed by atoms with van der Waals surface area (Å²) in [6, 6.07) is -1.07. The number of hydrogen-bond acceptors (Lipinski definition) is 4. The lowest BCUT2D eigenvalue weighted by Crippen LogP contribution is -2.58. The summed E-state index contributed by atoms with van der Waals surface area (Å²) in [7, 11) is 1.75. The third-order valence-electron chi connectivity index (χ3n) is 4.48. The van der Waals surface area contributed by atoms with Crippen molar-refractivity contribution < 1.29 is 14.3 Å². The van der Waals surface area contributed by atoms with Crippen molar-refractivity contribution in [3.8, 4) is 0 Å². The summed E-state index contributed by atoms with van der Waals surface area (Å²) in [5.41, 5.74) is 0. The Balaban J connectivity index is 1.81. The smallest absolute Gasteiger partial charge is 0.407 e. The number of carboxylic acid groups (broad SMARTS) is 1. The Morgan fingerprint density at radius 3 is 2.86 bits per heavy atom. The van der Waals surface area contributed by atoms with E-state index in [1.165, 1.54) is 17.3 Å².